The minimum Gasteiger partial charge on any atom is -0.360 e. The highest BCUT2D eigenvalue weighted by Gasteiger charge is 2.22. The summed E-state index contributed by atoms with van der Waals surface area (Å²) in [5.74, 6) is 0.454. The molecule has 0 unspecified atom stereocenters. The summed E-state index contributed by atoms with van der Waals surface area (Å²) in [6.07, 6.45) is 3.01. The molecule has 132 valence electrons. The van der Waals surface area contributed by atoms with Crippen molar-refractivity contribution >= 4 is 21.7 Å². The van der Waals surface area contributed by atoms with Gasteiger partial charge < -0.3 is 9.84 Å². The van der Waals surface area contributed by atoms with Gasteiger partial charge in [0.05, 0.1) is 4.90 Å². The molecule has 1 N–H and O–H groups in total. The number of rotatable bonds is 8. The monoisotopic (exact) mass is 361 g/mol. The molecule has 8 heteroatoms. The van der Waals surface area contributed by atoms with Gasteiger partial charge in [-0.25, -0.2) is 8.42 Å². The predicted octanol–water partition coefficient (Wildman–Crippen LogP) is 2.60. The van der Waals surface area contributed by atoms with Gasteiger partial charge in [0.1, 0.15) is 5.76 Å². The van der Waals surface area contributed by atoms with Gasteiger partial charge in [-0.15, -0.1) is 13.2 Å². The van der Waals surface area contributed by atoms with E-state index in [0.717, 1.165) is 0 Å². The Hall–Kier alpha value is -2.71. The average molecular weight is 361 g/mol. The number of anilines is 1. The van der Waals surface area contributed by atoms with Gasteiger partial charge in [-0.1, -0.05) is 17.3 Å². The van der Waals surface area contributed by atoms with Crippen molar-refractivity contribution in [2.45, 2.75) is 11.8 Å². The summed E-state index contributed by atoms with van der Waals surface area (Å²) < 4.78 is 31.3. The molecule has 0 aliphatic rings. The smallest absolute Gasteiger partial charge is 0.256 e. The number of aromatic nitrogens is 1. The Morgan fingerprint density at radius 2 is 1.84 bits per heavy atom. The van der Waals surface area contributed by atoms with Crippen molar-refractivity contribution in [1.82, 2.24) is 9.46 Å². The fourth-order valence-corrected chi connectivity index (χ4v) is 3.48. The minimum atomic E-state index is -3.69. The van der Waals surface area contributed by atoms with E-state index in [2.05, 4.69) is 23.6 Å². The second-order valence-electron chi connectivity index (χ2n) is 5.20. The van der Waals surface area contributed by atoms with E-state index in [4.69, 9.17) is 4.52 Å². The van der Waals surface area contributed by atoms with Crippen molar-refractivity contribution in [2.75, 3.05) is 18.4 Å². The summed E-state index contributed by atoms with van der Waals surface area (Å²) in [5, 5.41) is 6.24. The number of hydrogen-bond acceptors (Lipinski definition) is 5. The quantitative estimate of drug-likeness (QED) is 0.730. The molecule has 1 heterocycles. The van der Waals surface area contributed by atoms with Crippen LogP contribution < -0.4 is 5.32 Å². The number of carbonyl (C=O) groups excluding carboxylic acids is 1. The SMILES string of the molecule is C=CCN(CC=C)S(=O)(=O)c1ccc(C(=O)Nc2cc(C)on2)cc1. The van der Waals surface area contributed by atoms with E-state index in [-0.39, 0.29) is 18.0 Å². The largest absolute Gasteiger partial charge is 0.360 e. The van der Waals surface area contributed by atoms with E-state index in [1.165, 1.54) is 40.7 Å². The molecule has 25 heavy (non-hydrogen) atoms. The van der Waals surface area contributed by atoms with Crippen LogP contribution in [0.1, 0.15) is 16.1 Å². The molecule has 0 fully saturated rings. The number of sulfonamides is 1. The van der Waals surface area contributed by atoms with Crippen molar-refractivity contribution in [3.05, 3.63) is 67.0 Å². The number of nitrogens with zero attached hydrogens (tertiary/aromatic N) is 2. The maximum Gasteiger partial charge on any atom is 0.256 e. The number of hydrogen-bond donors (Lipinski definition) is 1. The molecule has 0 saturated carbocycles. The maximum absolute atomic E-state index is 12.6. The first-order chi connectivity index (χ1) is 11.9. The molecule has 0 aliphatic carbocycles. The van der Waals surface area contributed by atoms with Crippen molar-refractivity contribution in [3.63, 3.8) is 0 Å². The molecule has 0 saturated heterocycles. The summed E-state index contributed by atoms with van der Waals surface area (Å²) in [6.45, 7) is 9.17. The van der Waals surface area contributed by atoms with Crippen LogP contribution in [0.2, 0.25) is 0 Å². The molecule has 1 amide bonds. The van der Waals surface area contributed by atoms with E-state index in [9.17, 15) is 13.2 Å². The molecule has 7 nitrogen and oxygen atoms in total. The zero-order chi connectivity index (χ0) is 18.4. The highest BCUT2D eigenvalue weighted by atomic mass is 32.2. The van der Waals surface area contributed by atoms with Crippen LogP contribution in [0.4, 0.5) is 5.82 Å². The van der Waals surface area contributed by atoms with Gasteiger partial charge in [0.15, 0.2) is 5.82 Å². The van der Waals surface area contributed by atoms with E-state index in [1.54, 1.807) is 13.0 Å². The molecule has 0 bridgehead atoms. The molecule has 0 spiro atoms. The van der Waals surface area contributed by atoms with Crippen LogP contribution in [0, 0.1) is 6.92 Å². The van der Waals surface area contributed by atoms with Gasteiger partial charge in [-0.2, -0.15) is 4.31 Å². The Labute approximate surface area is 146 Å². The first-order valence-electron chi connectivity index (χ1n) is 7.45. The molecule has 1 aromatic carbocycles. The lowest BCUT2D eigenvalue weighted by Crippen LogP contribution is -2.31. The molecule has 1 aromatic heterocycles. The van der Waals surface area contributed by atoms with Crippen LogP contribution >= 0.6 is 0 Å². The lowest BCUT2D eigenvalue weighted by atomic mass is 10.2. The topological polar surface area (TPSA) is 92.5 Å². The number of carbonyl (C=O) groups is 1. The van der Waals surface area contributed by atoms with Crippen LogP contribution in [-0.4, -0.2) is 36.9 Å². The van der Waals surface area contributed by atoms with Crippen molar-refractivity contribution in [3.8, 4) is 0 Å². The van der Waals surface area contributed by atoms with Gasteiger partial charge in [-0.05, 0) is 31.2 Å². The lowest BCUT2D eigenvalue weighted by molar-refractivity contribution is 0.102. The summed E-state index contributed by atoms with van der Waals surface area (Å²) in [6, 6.07) is 7.23. The van der Waals surface area contributed by atoms with Crippen LogP contribution in [0.5, 0.6) is 0 Å². The Balaban J connectivity index is 2.19. The summed E-state index contributed by atoms with van der Waals surface area (Å²) in [4.78, 5) is 12.2. The van der Waals surface area contributed by atoms with E-state index in [0.29, 0.717) is 17.1 Å². The Bertz CT molecular complexity index is 860. The Morgan fingerprint density at radius 3 is 2.32 bits per heavy atom. The lowest BCUT2D eigenvalue weighted by Gasteiger charge is -2.19. The van der Waals surface area contributed by atoms with Gasteiger partial charge in [-0.3, -0.25) is 4.79 Å². The Kier molecular flexibility index (Phi) is 5.89. The molecular weight excluding hydrogens is 342 g/mol. The number of amides is 1. The molecule has 2 rings (SSSR count). The standard InChI is InChI=1S/C17H19N3O4S/c1-4-10-20(11-5-2)25(22,23)15-8-6-14(7-9-15)17(21)18-16-12-13(3)24-19-16/h4-9,12H,1-2,10-11H2,3H3,(H,18,19,21). The fraction of sp³-hybridized carbons (Fsp3) is 0.176. The summed E-state index contributed by atoms with van der Waals surface area (Å²) in [5.41, 5.74) is 0.304. The summed E-state index contributed by atoms with van der Waals surface area (Å²) >= 11 is 0. The second-order valence-corrected chi connectivity index (χ2v) is 7.14. The van der Waals surface area contributed by atoms with Gasteiger partial charge >= 0.3 is 0 Å². The Morgan fingerprint density at radius 1 is 1.24 bits per heavy atom. The van der Waals surface area contributed by atoms with Crippen LogP contribution in [0.25, 0.3) is 0 Å². The van der Waals surface area contributed by atoms with Gasteiger partial charge in [0, 0.05) is 24.7 Å². The molecule has 2 aromatic rings. The van der Waals surface area contributed by atoms with Crippen molar-refractivity contribution in [1.29, 1.82) is 0 Å². The van der Waals surface area contributed by atoms with E-state index < -0.39 is 15.9 Å². The fourth-order valence-electron chi connectivity index (χ4n) is 2.10. The number of aryl methyl sites for hydroxylation is 1. The number of nitrogens with one attached hydrogen (secondary N) is 1. The van der Waals surface area contributed by atoms with Crippen molar-refractivity contribution < 1.29 is 17.7 Å². The first kappa shape index (κ1) is 18.6. The predicted molar refractivity (Wildman–Crippen MR) is 94.8 cm³/mol. The normalized spacial score (nSPS) is 11.3. The van der Waals surface area contributed by atoms with Crippen LogP contribution in [-0.2, 0) is 10.0 Å². The van der Waals surface area contributed by atoms with Crippen molar-refractivity contribution in [2.24, 2.45) is 0 Å². The second kappa shape index (κ2) is 7.91. The molecule has 0 atom stereocenters. The first-order valence-corrected chi connectivity index (χ1v) is 8.89. The van der Waals surface area contributed by atoms with E-state index >= 15 is 0 Å². The van der Waals surface area contributed by atoms with Gasteiger partial charge in [0.2, 0.25) is 10.0 Å². The third-order valence-corrected chi connectivity index (χ3v) is 5.14. The minimum absolute atomic E-state index is 0.0880. The third-order valence-electron chi connectivity index (χ3n) is 3.29. The van der Waals surface area contributed by atoms with Crippen LogP contribution in [0.3, 0.4) is 0 Å². The highest BCUT2D eigenvalue weighted by Crippen LogP contribution is 2.17. The zero-order valence-electron chi connectivity index (χ0n) is 13.8. The molecule has 0 aliphatic heterocycles. The summed E-state index contributed by atoms with van der Waals surface area (Å²) in [7, 11) is -3.69. The van der Waals surface area contributed by atoms with Gasteiger partial charge in [0.25, 0.3) is 5.91 Å². The average Bonchev–Trinajstić information content (AvgIpc) is 2.99. The third kappa shape index (κ3) is 4.43. The van der Waals surface area contributed by atoms with E-state index in [1.807, 2.05) is 0 Å². The van der Waals surface area contributed by atoms with Crippen LogP contribution in [0.15, 0.2) is 65.1 Å². The molecular formula is C17H19N3O4S. The highest BCUT2D eigenvalue weighted by molar-refractivity contribution is 7.89. The molecule has 0 radical (unpaired) electrons. The number of benzene rings is 1. The maximum atomic E-state index is 12.6. The zero-order valence-corrected chi connectivity index (χ0v) is 14.6.